The van der Waals surface area contributed by atoms with Crippen LogP contribution in [0.3, 0.4) is 0 Å². The Morgan fingerprint density at radius 1 is 1.12 bits per heavy atom. The third kappa shape index (κ3) is 6.88. The molecule has 1 saturated carbocycles. The number of nitrogens with zero attached hydrogens (tertiary/aromatic N) is 5. The number of fused-ring (bicyclic) bond motifs is 2. The Balaban J connectivity index is 1.09. The number of piperidine rings is 1. The largest absolute Gasteiger partial charge is 0.494 e. The lowest BCUT2D eigenvalue weighted by molar-refractivity contribution is -0.131. The van der Waals surface area contributed by atoms with Crippen LogP contribution in [0.15, 0.2) is 30.5 Å². The van der Waals surface area contributed by atoms with Gasteiger partial charge in [-0.3, -0.25) is 19.5 Å². The Morgan fingerprint density at radius 2 is 1.90 bits per heavy atom. The summed E-state index contributed by atoms with van der Waals surface area (Å²) in [6.07, 6.45) is 3.79. The maximum absolute atomic E-state index is 13.0. The van der Waals surface area contributed by atoms with E-state index in [0.717, 1.165) is 38.9 Å². The maximum atomic E-state index is 13.0. The number of nitriles is 1. The fourth-order valence-corrected chi connectivity index (χ4v) is 5.64. The molecule has 2 saturated heterocycles. The van der Waals surface area contributed by atoms with Crippen LogP contribution in [-0.4, -0.2) is 101 Å². The molecule has 11 heteroatoms. The molecule has 3 atom stereocenters. The highest BCUT2D eigenvalue weighted by molar-refractivity contribution is 6.07. The van der Waals surface area contributed by atoms with E-state index >= 15 is 0 Å². The highest BCUT2D eigenvalue weighted by Crippen LogP contribution is 2.47. The number of nitrogens with one attached hydrogen (secondary N) is 1. The summed E-state index contributed by atoms with van der Waals surface area (Å²) in [7, 11) is 0. The highest BCUT2D eigenvalue weighted by Gasteiger charge is 2.53. The molecular weight excluding hydrogens is 524 g/mol. The Morgan fingerprint density at radius 3 is 2.63 bits per heavy atom. The van der Waals surface area contributed by atoms with Crippen molar-refractivity contribution < 1.29 is 23.9 Å². The van der Waals surface area contributed by atoms with Gasteiger partial charge in [0.1, 0.15) is 17.4 Å². The first-order chi connectivity index (χ1) is 19.6. The number of ether oxygens (including phenoxy) is 2. The third-order valence-electron chi connectivity index (χ3n) is 7.81. The van der Waals surface area contributed by atoms with Crippen LogP contribution in [-0.2, 0) is 9.53 Å². The van der Waals surface area contributed by atoms with E-state index in [4.69, 9.17) is 9.47 Å². The van der Waals surface area contributed by atoms with Gasteiger partial charge in [-0.15, -0.1) is 0 Å². The molecule has 1 aromatic carbocycles. The zero-order chi connectivity index (χ0) is 29.1. The summed E-state index contributed by atoms with van der Waals surface area (Å²) in [6, 6.07) is 9.04. The van der Waals surface area contributed by atoms with Crippen LogP contribution in [0.5, 0.6) is 5.75 Å². The number of carbonyl (C=O) groups excluding carboxylic acids is 3. The predicted octanol–water partition coefficient (Wildman–Crippen LogP) is 2.80. The molecule has 3 fully saturated rings. The molecule has 2 aliphatic heterocycles. The second-order valence-electron chi connectivity index (χ2n) is 12.0. The van der Waals surface area contributed by atoms with Crippen molar-refractivity contribution in [2.75, 3.05) is 45.9 Å². The summed E-state index contributed by atoms with van der Waals surface area (Å²) in [6.45, 7) is 9.68. The average molecular weight is 563 g/mol. The Bertz CT molecular complexity index is 1340. The van der Waals surface area contributed by atoms with Gasteiger partial charge in [-0.25, -0.2) is 4.79 Å². The SMILES string of the molecule is CC(C)(C)OC(=O)N1CCN(CCCOc2ccc3nccc(C(=O)NCC(=O)N4[C@H](C#N)C[C@@H]5C[C@@H]54)c3c2)CC1. The molecule has 3 aliphatic rings. The first kappa shape index (κ1) is 28.6. The van der Waals surface area contributed by atoms with Crippen molar-refractivity contribution in [3.63, 3.8) is 0 Å². The van der Waals surface area contributed by atoms with Gasteiger partial charge in [0.15, 0.2) is 0 Å². The van der Waals surface area contributed by atoms with Gasteiger partial charge < -0.3 is 24.6 Å². The lowest BCUT2D eigenvalue weighted by Gasteiger charge is -2.35. The predicted molar refractivity (Wildman–Crippen MR) is 151 cm³/mol. The zero-order valence-corrected chi connectivity index (χ0v) is 24.0. The van der Waals surface area contributed by atoms with Crippen molar-refractivity contribution in [1.29, 1.82) is 5.26 Å². The van der Waals surface area contributed by atoms with Gasteiger partial charge in [-0.2, -0.15) is 5.26 Å². The molecule has 41 heavy (non-hydrogen) atoms. The van der Waals surface area contributed by atoms with E-state index in [1.807, 2.05) is 32.9 Å². The fourth-order valence-electron chi connectivity index (χ4n) is 5.64. The standard InChI is InChI=1S/C30H38N6O5/c1-30(2,3)41-29(39)35-12-10-34(11-13-35)9-4-14-40-22-5-6-25-24(17-22)23(7-8-32-25)28(38)33-19-27(37)36-21(18-31)15-20-16-26(20)36/h5-8,17,20-21,26H,4,9-16,19H2,1-3H3,(H,33,38)/t20-,21+,26+/m1/s1. The summed E-state index contributed by atoms with van der Waals surface area (Å²) in [5.41, 5.74) is 0.576. The maximum Gasteiger partial charge on any atom is 0.410 e. The summed E-state index contributed by atoms with van der Waals surface area (Å²) >= 11 is 0. The van der Waals surface area contributed by atoms with E-state index < -0.39 is 11.6 Å². The summed E-state index contributed by atoms with van der Waals surface area (Å²) < 4.78 is 11.5. The van der Waals surface area contributed by atoms with E-state index in [1.54, 1.807) is 28.1 Å². The molecule has 1 aliphatic carbocycles. The molecule has 3 amide bonds. The lowest BCUT2D eigenvalue weighted by atomic mass is 10.1. The van der Waals surface area contributed by atoms with Gasteiger partial charge in [0.05, 0.1) is 30.3 Å². The molecule has 11 nitrogen and oxygen atoms in total. The molecule has 1 aromatic heterocycles. The van der Waals surface area contributed by atoms with Gasteiger partial charge in [0, 0.05) is 50.3 Å². The van der Waals surface area contributed by atoms with Crippen LogP contribution in [0, 0.1) is 17.2 Å². The first-order valence-corrected chi connectivity index (χ1v) is 14.3. The van der Waals surface area contributed by atoms with E-state index in [0.29, 0.717) is 47.8 Å². The van der Waals surface area contributed by atoms with E-state index in [2.05, 4.69) is 21.3 Å². The van der Waals surface area contributed by atoms with Gasteiger partial charge in [-0.05, 0) is 70.2 Å². The van der Waals surface area contributed by atoms with Gasteiger partial charge in [-0.1, -0.05) is 0 Å². The van der Waals surface area contributed by atoms with Crippen molar-refractivity contribution in [3.8, 4) is 11.8 Å². The first-order valence-electron chi connectivity index (χ1n) is 14.3. The van der Waals surface area contributed by atoms with Crippen molar-refractivity contribution in [2.45, 2.75) is 57.7 Å². The second-order valence-corrected chi connectivity index (χ2v) is 12.0. The van der Waals surface area contributed by atoms with Crippen LogP contribution in [0.1, 0.15) is 50.4 Å². The summed E-state index contributed by atoms with van der Waals surface area (Å²) in [5.74, 6) is 0.479. The molecule has 0 unspecified atom stereocenters. The number of hydrogen-bond donors (Lipinski definition) is 1. The molecular formula is C30H38N6O5. The Labute approximate surface area is 240 Å². The number of carbonyl (C=O) groups is 3. The Kier molecular flexibility index (Phi) is 8.31. The number of likely N-dealkylation sites (tertiary alicyclic amines) is 1. The van der Waals surface area contributed by atoms with Gasteiger partial charge in [0.2, 0.25) is 5.91 Å². The number of rotatable bonds is 8. The van der Waals surface area contributed by atoms with Crippen LogP contribution >= 0.6 is 0 Å². The molecule has 5 rings (SSSR count). The summed E-state index contributed by atoms with van der Waals surface area (Å²) in [4.78, 5) is 48.1. The number of benzene rings is 1. The molecule has 2 aromatic rings. The molecule has 0 radical (unpaired) electrons. The van der Waals surface area contributed by atoms with E-state index in [-0.39, 0.29) is 30.5 Å². The van der Waals surface area contributed by atoms with E-state index in [9.17, 15) is 19.6 Å². The van der Waals surface area contributed by atoms with Gasteiger partial charge >= 0.3 is 6.09 Å². The van der Waals surface area contributed by atoms with Crippen LogP contribution in [0.2, 0.25) is 0 Å². The molecule has 0 bridgehead atoms. The van der Waals surface area contributed by atoms with Crippen LogP contribution in [0.4, 0.5) is 4.79 Å². The van der Waals surface area contributed by atoms with Crippen molar-refractivity contribution in [3.05, 3.63) is 36.0 Å². The quantitative estimate of drug-likeness (QED) is 0.487. The van der Waals surface area contributed by atoms with E-state index in [1.165, 1.54) is 0 Å². The second kappa shape index (κ2) is 11.9. The summed E-state index contributed by atoms with van der Waals surface area (Å²) in [5, 5.41) is 12.7. The number of pyridine rings is 1. The third-order valence-corrected chi connectivity index (χ3v) is 7.81. The van der Waals surface area contributed by atoms with Crippen LogP contribution < -0.4 is 10.1 Å². The monoisotopic (exact) mass is 562 g/mol. The minimum absolute atomic E-state index is 0.146. The topological polar surface area (TPSA) is 128 Å². The zero-order valence-electron chi connectivity index (χ0n) is 24.0. The minimum atomic E-state index is -0.496. The van der Waals surface area contributed by atoms with Crippen molar-refractivity contribution >= 4 is 28.8 Å². The molecule has 3 heterocycles. The normalized spacial score (nSPS) is 22.1. The highest BCUT2D eigenvalue weighted by atomic mass is 16.6. The number of aromatic nitrogens is 1. The van der Waals surface area contributed by atoms with Gasteiger partial charge in [0.25, 0.3) is 5.91 Å². The van der Waals surface area contributed by atoms with Crippen LogP contribution in [0.25, 0.3) is 10.9 Å². The molecule has 1 N–H and O–H groups in total. The molecule has 218 valence electrons. The van der Waals surface area contributed by atoms with Crippen molar-refractivity contribution in [2.24, 2.45) is 5.92 Å². The lowest BCUT2D eigenvalue weighted by Crippen LogP contribution is -2.50. The number of piperazine rings is 1. The van der Waals surface area contributed by atoms with Crippen molar-refractivity contribution in [1.82, 2.24) is 25.0 Å². The Hall–Kier alpha value is -3.91. The number of hydrogen-bond acceptors (Lipinski definition) is 8. The molecule has 0 spiro atoms. The fraction of sp³-hybridized carbons (Fsp3) is 0.567. The average Bonchev–Trinajstić information content (AvgIpc) is 3.61. The minimum Gasteiger partial charge on any atom is -0.494 e. The number of amides is 3. The smallest absolute Gasteiger partial charge is 0.410 e.